The number of carboxylic acids is 1. The molecule has 1 fully saturated rings. The van der Waals surface area contributed by atoms with Gasteiger partial charge >= 0.3 is 5.97 Å². The van der Waals surface area contributed by atoms with Crippen molar-refractivity contribution < 1.29 is 23.4 Å². The zero-order valence-electron chi connectivity index (χ0n) is 11.6. The number of sulfonamides is 1. The van der Waals surface area contributed by atoms with Crippen LogP contribution in [0.5, 0.6) is 0 Å². The Labute approximate surface area is 128 Å². The van der Waals surface area contributed by atoms with E-state index < -0.39 is 28.1 Å². The molecule has 1 aliphatic heterocycles. The normalized spacial score (nSPS) is 23.4. The van der Waals surface area contributed by atoms with Crippen molar-refractivity contribution in [1.82, 2.24) is 4.31 Å². The van der Waals surface area contributed by atoms with E-state index in [4.69, 9.17) is 16.7 Å². The molecule has 0 aliphatic carbocycles. The summed E-state index contributed by atoms with van der Waals surface area (Å²) >= 11 is 5.95. The average molecular weight is 334 g/mol. The lowest BCUT2D eigenvalue weighted by Gasteiger charge is -2.22. The maximum atomic E-state index is 12.6. The molecule has 1 saturated heterocycles. The number of carbonyl (C=O) groups is 1. The first kappa shape index (κ1) is 16.2. The van der Waals surface area contributed by atoms with E-state index in [1.165, 1.54) is 17.3 Å². The first-order chi connectivity index (χ1) is 9.66. The van der Waals surface area contributed by atoms with Crippen LogP contribution in [0.3, 0.4) is 0 Å². The number of aliphatic hydroxyl groups is 1. The summed E-state index contributed by atoms with van der Waals surface area (Å²) in [5.74, 6) is -1.24. The van der Waals surface area contributed by atoms with Crippen LogP contribution in [0.1, 0.15) is 29.3 Å². The van der Waals surface area contributed by atoms with E-state index in [0.717, 1.165) is 6.07 Å². The van der Waals surface area contributed by atoms with Crippen molar-refractivity contribution in [2.45, 2.75) is 37.3 Å². The highest BCUT2D eigenvalue weighted by Crippen LogP contribution is 2.30. The number of rotatable bonds is 3. The van der Waals surface area contributed by atoms with Crippen molar-refractivity contribution in [3.05, 3.63) is 28.3 Å². The third-order valence-corrected chi connectivity index (χ3v) is 6.17. The van der Waals surface area contributed by atoms with Crippen LogP contribution in [0.25, 0.3) is 0 Å². The molecule has 1 aliphatic rings. The van der Waals surface area contributed by atoms with Crippen LogP contribution in [0.15, 0.2) is 17.0 Å². The fourth-order valence-corrected chi connectivity index (χ4v) is 4.41. The number of aromatic carboxylic acids is 1. The second kappa shape index (κ2) is 5.57. The van der Waals surface area contributed by atoms with Crippen LogP contribution in [0.2, 0.25) is 5.02 Å². The van der Waals surface area contributed by atoms with Gasteiger partial charge in [0.05, 0.1) is 16.6 Å². The molecule has 0 radical (unpaired) electrons. The Morgan fingerprint density at radius 2 is 2.05 bits per heavy atom. The van der Waals surface area contributed by atoms with Crippen molar-refractivity contribution in [3.63, 3.8) is 0 Å². The Kier molecular flexibility index (Phi) is 4.30. The summed E-state index contributed by atoms with van der Waals surface area (Å²) in [5, 5.41) is 18.9. The van der Waals surface area contributed by atoms with Gasteiger partial charge in [0.15, 0.2) is 0 Å². The predicted octanol–water partition coefficient (Wildman–Crippen LogP) is 1.49. The highest BCUT2D eigenvalue weighted by molar-refractivity contribution is 7.89. The molecule has 116 valence electrons. The quantitative estimate of drug-likeness (QED) is 0.873. The monoisotopic (exact) mass is 333 g/mol. The summed E-state index contributed by atoms with van der Waals surface area (Å²) in [5.41, 5.74) is 0.172. The number of carboxylic acid groups (broad SMARTS) is 1. The molecule has 1 aromatic rings. The van der Waals surface area contributed by atoms with Gasteiger partial charge in [-0.1, -0.05) is 11.6 Å². The molecule has 0 bridgehead atoms. The summed E-state index contributed by atoms with van der Waals surface area (Å²) in [6, 6.07) is 1.80. The van der Waals surface area contributed by atoms with Gasteiger partial charge in [0.1, 0.15) is 0 Å². The van der Waals surface area contributed by atoms with Crippen molar-refractivity contribution in [3.8, 4) is 0 Å². The van der Waals surface area contributed by atoms with Gasteiger partial charge in [0.2, 0.25) is 10.0 Å². The number of hydrogen-bond donors (Lipinski definition) is 2. The zero-order chi connectivity index (χ0) is 15.9. The highest BCUT2D eigenvalue weighted by Gasteiger charge is 2.38. The lowest BCUT2D eigenvalue weighted by atomic mass is 10.1. The van der Waals surface area contributed by atoms with Crippen LogP contribution in [0.4, 0.5) is 0 Å². The Bertz CT molecular complexity index is 688. The van der Waals surface area contributed by atoms with Crippen LogP contribution < -0.4 is 0 Å². The van der Waals surface area contributed by atoms with Crippen LogP contribution in [-0.2, 0) is 10.0 Å². The fraction of sp³-hybridized carbons (Fsp3) is 0.462. The molecule has 0 saturated carbocycles. The molecular formula is C13H16ClNO5S. The minimum atomic E-state index is -3.89. The molecule has 0 amide bonds. The van der Waals surface area contributed by atoms with Crippen molar-refractivity contribution in [2.24, 2.45) is 0 Å². The molecule has 2 rings (SSSR count). The summed E-state index contributed by atoms with van der Waals surface area (Å²) in [6.07, 6.45) is -0.370. The minimum Gasteiger partial charge on any atom is -0.478 e. The van der Waals surface area contributed by atoms with Crippen molar-refractivity contribution in [1.29, 1.82) is 0 Å². The van der Waals surface area contributed by atoms with Gasteiger partial charge in [0.25, 0.3) is 0 Å². The second-order valence-electron chi connectivity index (χ2n) is 5.10. The second-order valence-corrected chi connectivity index (χ2v) is 7.39. The number of nitrogens with zero attached hydrogens (tertiary/aromatic N) is 1. The number of aliphatic hydroxyl groups excluding tert-OH is 1. The molecule has 8 heteroatoms. The molecule has 21 heavy (non-hydrogen) atoms. The van der Waals surface area contributed by atoms with E-state index in [1.54, 1.807) is 6.92 Å². The van der Waals surface area contributed by atoms with Crippen LogP contribution in [0, 0.1) is 6.92 Å². The first-order valence-corrected chi connectivity index (χ1v) is 8.21. The maximum Gasteiger partial charge on any atom is 0.336 e. The van der Waals surface area contributed by atoms with Gasteiger partial charge in [-0.3, -0.25) is 0 Å². The zero-order valence-corrected chi connectivity index (χ0v) is 13.1. The van der Waals surface area contributed by atoms with Gasteiger partial charge in [-0.25, -0.2) is 13.2 Å². The minimum absolute atomic E-state index is 0.0841. The molecule has 2 atom stereocenters. The number of benzene rings is 1. The predicted molar refractivity (Wildman–Crippen MR) is 77.1 cm³/mol. The Hall–Kier alpha value is -1.15. The molecule has 2 N–H and O–H groups in total. The smallest absolute Gasteiger partial charge is 0.336 e. The van der Waals surface area contributed by atoms with E-state index in [1.807, 2.05) is 0 Å². The molecule has 0 unspecified atom stereocenters. The van der Waals surface area contributed by atoms with Gasteiger partial charge in [-0.05, 0) is 38.0 Å². The number of halogens is 1. The summed E-state index contributed by atoms with van der Waals surface area (Å²) in [7, 11) is -3.89. The average Bonchev–Trinajstić information content (AvgIpc) is 2.73. The molecule has 0 spiro atoms. The summed E-state index contributed by atoms with van der Waals surface area (Å²) < 4.78 is 26.4. The van der Waals surface area contributed by atoms with Crippen LogP contribution in [-0.4, -0.2) is 47.6 Å². The summed E-state index contributed by atoms with van der Waals surface area (Å²) in [4.78, 5) is 11.0. The van der Waals surface area contributed by atoms with E-state index in [9.17, 15) is 18.3 Å². The SMILES string of the molecule is Cc1c(Cl)cc(S(=O)(=O)N2CC[C@@H](O)[C@H]2C)cc1C(=O)O. The lowest BCUT2D eigenvalue weighted by molar-refractivity contribution is 0.0696. The Balaban J connectivity index is 2.53. The summed E-state index contributed by atoms with van der Waals surface area (Å²) in [6.45, 7) is 3.33. The Morgan fingerprint density at radius 1 is 1.43 bits per heavy atom. The van der Waals surface area contributed by atoms with Gasteiger partial charge in [0, 0.05) is 17.6 Å². The van der Waals surface area contributed by atoms with Gasteiger partial charge in [-0.15, -0.1) is 0 Å². The third kappa shape index (κ3) is 2.78. The van der Waals surface area contributed by atoms with E-state index in [2.05, 4.69) is 0 Å². The lowest BCUT2D eigenvalue weighted by Crippen LogP contribution is -2.37. The van der Waals surface area contributed by atoms with E-state index in [0.29, 0.717) is 12.0 Å². The van der Waals surface area contributed by atoms with Crippen molar-refractivity contribution in [2.75, 3.05) is 6.54 Å². The molecule has 1 aromatic carbocycles. The van der Waals surface area contributed by atoms with Crippen LogP contribution >= 0.6 is 11.6 Å². The maximum absolute atomic E-state index is 12.6. The molecule has 1 heterocycles. The third-order valence-electron chi connectivity index (χ3n) is 3.81. The molecule has 0 aromatic heterocycles. The molecule has 6 nitrogen and oxygen atoms in total. The topological polar surface area (TPSA) is 94.9 Å². The Morgan fingerprint density at radius 3 is 2.52 bits per heavy atom. The van der Waals surface area contributed by atoms with Crippen molar-refractivity contribution >= 4 is 27.6 Å². The van der Waals surface area contributed by atoms with E-state index in [-0.39, 0.29) is 22.0 Å². The number of hydrogen-bond acceptors (Lipinski definition) is 4. The standard InChI is InChI=1S/C13H16ClNO5S/c1-7-10(13(17)18)5-9(6-11(7)14)21(19,20)15-4-3-12(16)8(15)2/h5-6,8,12,16H,3-4H2,1-2H3,(H,17,18)/t8-,12-/m1/s1. The first-order valence-electron chi connectivity index (χ1n) is 6.39. The fourth-order valence-electron chi connectivity index (χ4n) is 2.40. The largest absolute Gasteiger partial charge is 0.478 e. The van der Waals surface area contributed by atoms with E-state index >= 15 is 0 Å². The van der Waals surface area contributed by atoms with Gasteiger partial charge in [-0.2, -0.15) is 4.31 Å². The van der Waals surface area contributed by atoms with Gasteiger partial charge < -0.3 is 10.2 Å². The molecular weight excluding hydrogens is 318 g/mol. The highest BCUT2D eigenvalue weighted by atomic mass is 35.5.